The Bertz CT molecular complexity index is 956. The topological polar surface area (TPSA) is 38.8 Å². The maximum Gasteiger partial charge on any atom is 0.410 e. The van der Waals surface area contributed by atoms with Crippen LogP contribution >= 0.6 is 11.8 Å². The molecule has 0 radical (unpaired) electrons. The van der Waals surface area contributed by atoms with Gasteiger partial charge in [0.1, 0.15) is 17.0 Å². The molecule has 1 saturated heterocycles. The van der Waals surface area contributed by atoms with Crippen molar-refractivity contribution in [2.24, 2.45) is 0 Å². The molecule has 1 fully saturated rings. The number of hydrogen-bond acceptors (Lipinski definition) is 4. The molecule has 178 valence electrons. The Morgan fingerprint density at radius 1 is 1.06 bits per heavy atom. The van der Waals surface area contributed by atoms with Crippen LogP contribution in [0.25, 0.3) is 11.1 Å². The van der Waals surface area contributed by atoms with Crippen molar-refractivity contribution in [2.45, 2.75) is 76.8 Å². The van der Waals surface area contributed by atoms with E-state index in [0.29, 0.717) is 13.1 Å². The minimum absolute atomic E-state index is 0.162. The van der Waals surface area contributed by atoms with Crippen molar-refractivity contribution in [2.75, 3.05) is 18.8 Å². The lowest BCUT2D eigenvalue weighted by Gasteiger charge is -2.44. The van der Waals surface area contributed by atoms with E-state index in [9.17, 15) is 4.79 Å². The number of hydrogen-bond donors (Lipinski definition) is 0. The number of piperidine rings is 1. The van der Waals surface area contributed by atoms with Crippen molar-refractivity contribution in [3.8, 4) is 16.9 Å². The Hall–Kier alpha value is -2.14. The predicted octanol–water partition coefficient (Wildman–Crippen LogP) is 7.09. The third-order valence-electron chi connectivity index (χ3n) is 6.47. The Morgan fingerprint density at radius 3 is 2.42 bits per heavy atom. The number of ether oxygens (including phenoxy) is 2. The van der Waals surface area contributed by atoms with Crippen LogP contribution in [0.2, 0.25) is 0 Å². The molecule has 33 heavy (non-hydrogen) atoms. The van der Waals surface area contributed by atoms with Crippen LogP contribution in [0.1, 0.15) is 64.5 Å². The lowest BCUT2D eigenvalue weighted by Crippen LogP contribution is -2.52. The molecule has 0 bridgehead atoms. The molecule has 4 nitrogen and oxygen atoms in total. The van der Waals surface area contributed by atoms with Gasteiger partial charge < -0.3 is 14.4 Å². The molecule has 2 heterocycles. The Labute approximate surface area is 203 Å². The minimum atomic E-state index is -0.460. The summed E-state index contributed by atoms with van der Waals surface area (Å²) in [6.07, 6.45) is 4.73. The summed E-state index contributed by atoms with van der Waals surface area (Å²) in [6.45, 7) is 9.33. The highest BCUT2D eigenvalue weighted by atomic mass is 32.2. The molecule has 0 aliphatic carbocycles. The van der Waals surface area contributed by atoms with E-state index in [4.69, 9.17) is 9.47 Å². The number of likely N-dealkylation sites (tertiary alicyclic amines) is 1. The molecule has 0 unspecified atom stereocenters. The van der Waals surface area contributed by atoms with Gasteiger partial charge in [-0.25, -0.2) is 4.79 Å². The lowest BCUT2D eigenvalue weighted by atomic mass is 9.82. The van der Waals surface area contributed by atoms with Gasteiger partial charge in [-0.3, -0.25) is 0 Å². The van der Waals surface area contributed by atoms with Crippen LogP contribution in [0.15, 0.2) is 42.5 Å². The number of carbonyl (C=O) groups excluding carboxylic acids is 1. The summed E-state index contributed by atoms with van der Waals surface area (Å²) in [5.74, 6) is 3.30. The largest absolute Gasteiger partial charge is 0.487 e. The quantitative estimate of drug-likeness (QED) is 0.440. The highest BCUT2D eigenvalue weighted by Gasteiger charge is 2.41. The highest BCUT2D eigenvalue weighted by Crippen LogP contribution is 2.41. The highest BCUT2D eigenvalue weighted by molar-refractivity contribution is 7.98. The molecule has 4 rings (SSSR count). The first-order valence-electron chi connectivity index (χ1n) is 12.2. The van der Waals surface area contributed by atoms with Gasteiger partial charge in [-0.15, -0.1) is 0 Å². The summed E-state index contributed by atoms with van der Waals surface area (Å²) >= 11 is 2.00. The summed E-state index contributed by atoms with van der Waals surface area (Å²) in [6, 6.07) is 15.6. The second-order valence-corrected chi connectivity index (χ2v) is 11.4. The molecular formula is C28H37NO3S. The van der Waals surface area contributed by atoms with Gasteiger partial charge in [0.05, 0.1) is 0 Å². The third-order valence-corrected chi connectivity index (χ3v) is 7.70. The van der Waals surface area contributed by atoms with E-state index in [-0.39, 0.29) is 11.7 Å². The monoisotopic (exact) mass is 467 g/mol. The van der Waals surface area contributed by atoms with Crippen molar-refractivity contribution < 1.29 is 14.3 Å². The number of nitrogens with zero attached hydrogens (tertiary/aromatic N) is 1. The molecular weight excluding hydrogens is 430 g/mol. The first kappa shape index (κ1) is 24.0. The molecule has 1 spiro atoms. The maximum absolute atomic E-state index is 12.4. The van der Waals surface area contributed by atoms with Gasteiger partial charge >= 0.3 is 6.09 Å². The molecule has 0 saturated carbocycles. The second kappa shape index (κ2) is 10.0. The van der Waals surface area contributed by atoms with E-state index in [1.807, 2.05) is 37.4 Å². The van der Waals surface area contributed by atoms with Gasteiger partial charge in [-0.2, -0.15) is 11.8 Å². The minimum Gasteiger partial charge on any atom is -0.487 e. The van der Waals surface area contributed by atoms with Gasteiger partial charge in [-0.1, -0.05) is 37.3 Å². The first-order valence-corrected chi connectivity index (χ1v) is 13.4. The van der Waals surface area contributed by atoms with Gasteiger partial charge in [0.15, 0.2) is 0 Å². The van der Waals surface area contributed by atoms with Crippen molar-refractivity contribution >= 4 is 17.9 Å². The molecule has 2 aliphatic heterocycles. The Morgan fingerprint density at radius 2 is 1.76 bits per heavy atom. The van der Waals surface area contributed by atoms with E-state index >= 15 is 0 Å². The van der Waals surface area contributed by atoms with Gasteiger partial charge in [0.2, 0.25) is 0 Å². The molecule has 1 amide bonds. The van der Waals surface area contributed by atoms with Gasteiger partial charge in [0, 0.05) is 31.7 Å². The summed E-state index contributed by atoms with van der Waals surface area (Å²) in [5.41, 5.74) is 4.56. The third kappa shape index (κ3) is 6.06. The van der Waals surface area contributed by atoms with Crippen molar-refractivity contribution in [3.63, 3.8) is 0 Å². The fraction of sp³-hybridized carbons (Fsp3) is 0.536. The molecule has 0 aromatic heterocycles. The summed E-state index contributed by atoms with van der Waals surface area (Å²) in [4.78, 5) is 14.2. The van der Waals surface area contributed by atoms with Crippen LogP contribution in [0.5, 0.6) is 5.75 Å². The SMILES string of the molecule is CCCSCc1ccc(-c2ccc3c(c2)CCC2(CCN(C(=O)OC(C)(C)C)CC2)O3)cc1. The van der Waals surface area contributed by atoms with E-state index in [0.717, 1.165) is 37.2 Å². The number of thioether (sulfide) groups is 1. The number of carbonyl (C=O) groups is 1. The van der Waals surface area contributed by atoms with Crippen molar-refractivity contribution in [1.82, 2.24) is 4.90 Å². The molecule has 2 aromatic rings. The molecule has 0 atom stereocenters. The van der Waals surface area contributed by atoms with Gasteiger partial charge in [0.25, 0.3) is 0 Å². The smallest absolute Gasteiger partial charge is 0.410 e. The van der Waals surface area contributed by atoms with E-state index in [1.165, 1.54) is 34.4 Å². The summed E-state index contributed by atoms with van der Waals surface area (Å²) < 4.78 is 12.1. The van der Waals surface area contributed by atoms with E-state index < -0.39 is 5.60 Å². The fourth-order valence-corrected chi connectivity index (χ4v) is 5.47. The molecule has 5 heteroatoms. The normalized spacial score (nSPS) is 17.4. The average Bonchev–Trinajstić information content (AvgIpc) is 2.79. The fourth-order valence-electron chi connectivity index (χ4n) is 4.60. The summed E-state index contributed by atoms with van der Waals surface area (Å²) in [5, 5.41) is 0. The number of benzene rings is 2. The standard InChI is InChI=1S/C28H37NO3S/c1-5-18-33-20-21-6-8-22(9-7-21)23-10-11-25-24(19-23)12-13-28(31-25)14-16-29(17-15-28)26(30)32-27(2,3)4/h6-11,19H,5,12-18,20H2,1-4H3. The van der Waals surface area contributed by atoms with Crippen molar-refractivity contribution in [3.05, 3.63) is 53.6 Å². The molecule has 2 aliphatic rings. The molecule has 0 N–H and O–H groups in total. The average molecular weight is 468 g/mol. The van der Waals surface area contributed by atoms with Crippen LogP contribution < -0.4 is 4.74 Å². The predicted molar refractivity (Wildman–Crippen MR) is 137 cm³/mol. The number of aryl methyl sites for hydroxylation is 1. The summed E-state index contributed by atoms with van der Waals surface area (Å²) in [7, 11) is 0. The van der Waals surface area contributed by atoms with Gasteiger partial charge in [-0.05, 0) is 80.2 Å². The van der Waals surface area contributed by atoms with Crippen LogP contribution in [0.4, 0.5) is 4.79 Å². The number of amides is 1. The van der Waals surface area contributed by atoms with Crippen LogP contribution in [-0.4, -0.2) is 41.0 Å². The van der Waals surface area contributed by atoms with E-state index in [1.54, 1.807) is 0 Å². The number of rotatable bonds is 5. The van der Waals surface area contributed by atoms with Crippen molar-refractivity contribution in [1.29, 1.82) is 0 Å². The Balaban J connectivity index is 1.37. The zero-order valence-electron chi connectivity index (χ0n) is 20.5. The van der Waals surface area contributed by atoms with Crippen LogP contribution in [0, 0.1) is 0 Å². The van der Waals surface area contributed by atoms with E-state index in [2.05, 4.69) is 49.4 Å². The lowest BCUT2D eigenvalue weighted by molar-refractivity contribution is -0.0272. The Kier molecular flexibility index (Phi) is 7.28. The maximum atomic E-state index is 12.4. The van der Waals surface area contributed by atoms with Crippen LogP contribution in [-0.2, 0) is 16.9 Å². The van der Waals surface area contributed by atoms with Crippen LogP contribution in [0.3, 0.4) is 0 Å². The zero-order chi connectivity index (χ0) is 23.5. The number of fused-ring (bicyclic) bond motifs is 1. The molecule has 2 aromatic carbocycles. The zero-order valence-corrected chi connectivity index (χ0v) is 21.3. The second-order valence-electron chi connectivity index (χ2n) is 10.3. The first-order chi connectivity index (χ1) is 15.8.